The molecule has 0 amide bonds. The summed E-state index contributed by atoms with van der Waals surface area (Å²) in [6, 6.07) is 0.940. The molecule has 2 saturated heterocycles. The minimum atomic E-state index is -5.89. The van der Waals surface area contributed by atoms with Gasteiger partial charge in [-0.05, 0) is 0 Å². The fourth-order valence-electron chi connectivity index (χ4n) is 4.78. The molecule has 3 aromatic rings. The van der Waals surface area contributed by atoms with Gasteiger partial charge in [-0.15, -0.1) is 0 Å². The molecule has 2 aliphatic rings. The Hall–Kier alpha value is -2.61. The maximum Gasteiger partial charge on any atom is 0.490 e. The Balaban J connectivity index is 1.30. The van der Waals surface area contributed by atoms with Gasteiger partial charge in [0, 0.05) is 18.7 Å². The number of imidazole rings is 1. The molecule has 31 heteroatoms. The van der Waals surface area contributed by atoms with Crippen LogP contribution in [0.1, 0.15) is 18.9 Å². The van der Waals surface area contributed by atoms with Crippen LogP contribution in [0.25, 0.3) is 11.2 Å². The van der Waals surface area contributed by atoms with Crippen LogP contribution >= 0.6 is 31.3 Å². The minimum absolute atomic E-state index is 0.0221. The van der Waals surface area contributed by atoms with Crippen LogP contribution in [0.2, 0.25) is 0 Å². The van der Waals surface area contributed by atoms with Gasteiger partial charge in [0.05, 0.1) is 19.5 Å². The van der Waals surface area contributed by atoms with E-state index in [9.17, 15) is 52.7 Å². The number of aromatic amines is 1. The van der Waals surface area contributed by atoms with Crippen LogP contribution in [0.15, 0.2) is 34.5 Å². The molecule has 0 spiro atoms. The number of nitrogens with one attached hydrogen (secondary N) is 1. The summed E-state index contributed by atoms with van der Waals surface area (Å²) in [5.74, 6) is -0.0221. The number of hydrogen-bond acceptors (Lipinski definition) is 19. The summed E-state index contributed by atoms with van der Waals surface area (Å²) in [4.78, 5) is 84.6. The number of nitrogens with two attached hydrogens (primary N) is 1. The third kappa shape index (κ3) is 9.24. The molecule has 0 saturated carbocycles. The van der Waals surface area contributed by atoms with Crippen LogP contribution < -0.4 is 17.0 Å². The number of rotatable bonds is 14. The van der Waals surface area contributed by atoms with Crippen LogP contribution in [-0.2, 0) is 49.9 Å². The lowest BCUT2D eigenvalue weighted by molar-refractivity contribution is -0.0606. The molecular weight excluding hydrogens is 770 g/mol. The molecule has 10 atom stereocenters. The summed E-state index contributed by atoms with van der Waals surface area (Å²) >= 11 is 0. The first kappa shape index (κ1) is 38.6. The van der Waals surface area contributed by atoms with E-state index in [1.54, 1.807) is 0 Å². The number of aliphatic hydroxyl groups excluding tert-OH is 2. The monoisotopic (exact) mass is 797 g/mol. The molecule has 0 bridgehead atoms. The smallest absolute Gasteiger partial charge is 0.387 e. The van der Waals surface area contributed by atoms with E-state index in [2.05, 4.69) is 28.1 Å². The van der Waals surface area contributed by atoms with Gasteiger partial charge in [-0.2, -0.15) is 8.62 Å². The van der Waals surface area contributed by atoms with Crippen LogP contribution in [0, 0.1) is 0 Å². The van der Waals surface area contributed by atoms with Gasteiger partial charge in [0.2, 0.25) is 0 Å². The van der Waals surface area contributed by atoms with Gasteiger partial charge in [0.25, 0.3) is 5.56 Å². The molecule has 2 aliphatic heterocycles. The largest absolute Gasteiger partial charge is 0.490 e. The van der Waals surface area contributed by atoms with Gasteiger partial charge >= 0.3 is 37.0 Å². The van der Waals surface area contributed by atoms with Crippen LogP contribution in [-0.4, -0.2) is 107 Å². The third-order valence-corrected chi connectivity index (χ3v) is 11.6. The minimum Gasteiger partial charge on any atom is -0.387 e. The number of anilines is 1. The normalized spacial score (nSPS) is 29.5. The number of nitrogens with zero attached hydrogens (tertiary/aromatic N) is 5. The van der Waals surface area contributed by atoms with E-state index in [0.717, 1.165) is 23.2 Å². The van der Waals surface area contributed by atoms with E-state index < -0.39 is 98.7 Å². The lowest BCUT2D eigenvalue weighted by Gasteiger charge is -2.23. The third-order valence-electron chi connectivity index (χ3n) is 6.83. The zero-order valence-corrected chi connectivity index (χ0v) is 28.1. The van der Waals surface area contributed by atoms with E-state index in [1.807, 2.05) is 4.98 Å². The van der Waals surface area contributed by atoms with Crippen molar-refractivity contribution >= 4 is 48.3 Å². The van der Waals surface area contributed by atoms with Gasteiger partial charge < -0.3 is 49.9 Å². The SMILES string of the molecule is Nc1ncnc2c1ncn2[C@H]1C[C@H](OP(=O)(O)OC[C@H]2O[C@@H](n3ccc(=O)[nH]c3=O)[C@H](O)[C@@H]2O)[C@@H](COP(=O)(O)OP(=O)(O)OP(=O)(O)O)O1. The van der Waals surface area contributed by atoms with Crippen molar-refractivity contribution in [3.8, 4) is 0 Å². The van der Waals surface area contributed by atoms with E-state index in [0.29, 0.717) is 0 Å². The summed E-state index contributed by atoms with van der Waals surface area (Å²) in [6.07, 6.45) is -8.11. The first-order valence-corrected chi connectivity index (χ1v) is 19.5. The van der Waals surface area contributed by atoms with Crippen molar-refractivity contribution in [2.24, 2.45) is 0 Å². The lowest BCUT2D eigenvalue weighted by atomic mass is 10.1. The number of aromatic nitrogens is 6. The maximum absolute atomic E-state index is 13.0. The number of aliphatic hydroxyl groups is 2. The molecule has 50 heavy (non-hydrogen) atoms. The second-order valence-corrected chi connectivity index (χ2v) is 16.1. The van der Waals surface area contributed by atoms with Crippen LogP contribution in [0.5, 0.6) is 0 Å². The second kappa shape index (κ2) is 14.4. The van der Waals surface area contributed by atoms with Gasteiger partial charge in [0.15, 0.2) is 17.7 Å². The summed E-state index contributed by atoms with van der Waals surface area (Å²) in [7, 11) is -22.5. The summed E-state index contributed by atoms with van der Waals surface area (Å²) in [6.45, 7) is -2.03. The Morgan fingerprint density at radius 1 is 0.880 bits per heavy atom. The molecule has 278 valence electrons. The Kier molecular flexibility index (Phi) is 11.1. The van der Waals surface area contributed by atoms with E-state index in [1.165, 1.54) is 10.9 Å². The molecule has 0 aromatic carbocycles. The van der Waals surface area contributed by atoms with E-state index in [-0.39, 0.29) is 23.4 Å². The predicted octanol–water partition coefficient (Wildman–Crippen LogP) is -2.29. The summed E-state index contributed by atoms with van der Waals surface area (Å²) in [5.41, 5.74) is 4.29. The van der Waals surface area contributed by atoms with Crippen molar-refractivity contribution in [3.63, 3.8) is 0 Å². The topological polar surface area (TPSA) is 399 Å². The molecule has 27 nitrogen and oxygen atoms in total. The Labute approximate surface area is 276 Å². The Morgan fingerprint density at radius 3 is 2.24 bits per heavy atom. The zero-order chi connectivity index (χ0) is 36.8. The Bertz CT molecular complexity index is 2040. The zero-order valence-electron chi connectivity index (χ0n) is 24.5. The van der Waals surface area contributed by atoms with Crippen LogP contribution in [0.4, 0.5) is 5.82 Å². The fraction of sp³-hybridized carbons (Fsp3) is 0.526. The molecular formula is C19H27N7O20P4. The first-order valence-electron chi connectivity index (χ1n) is 13.5. The number of hydrogen-bond donors (Lipinski definition) is 9. The highest BCUT2D eigenvalue weighted by Crippen LogP contribution is 2.66. The van der Waals surface area contributed by atoms with Gasteiger partial charge in [-0.1, -0.05) is 0 Å². The van der Waals surface area contributed by atoms with Crippen molar-refractivity contribution < 1.29 is 84.6 Å². The first-order chi connectivity index (χ1) is 23.1. The summed E-state index contributed by atoms with van der Waals surface area (Å²) < 4.78 is 83.4. The molecule has 2 fully saturated rings. The molecule has 0 aliphatic carbocycles. The molecule has 5 heterocycles. The van der Waals surface area contributed by atoms with Crippen molar-refractivity contribution in [3.05, 3.63) is 45.8 Å². The number of phosphoric acid groups is 4. The van der Waals surface area contributed by atoms with Gasteiger partial charge in [0.1, 0.15) is 48.6 Å². The number of H-pyrrole nitrogens is 1. The van der Waals surface area contributed by atoms with Crippen LogP contribution in [0.3, 0.4) is 0 Å². The standard InChI is InChI=1S/C19H27N7O20P4/c20-16-13-17(22-6-21-16)26(7-23-13)12-3-8(9(42-12)4-41-49(36,37)46-50(38,39)45-47(31,32)33)44-48(34,35)40-5-10-14(28)15(29)18(43-10)25-2-1-11(27)24-19(25)30/h1-2,6-10,12,14-15,18,28-29H,3-5H2,(H,34,35)(H,36,37)(H,38,39)(H2,20,21,22)(H,24,27,30)(H2,31,32,33)/t8-,9+,10+,12+,14+,15+,18+/m0/s1. The number of nitrogen functional groups attached to an aromatic ring is 1. The van der Waals surface area contributed by atoms with Crippen molar-refractivity contribution in [1.29, 1.82) is 0 Å². The number of phosphoric ester groups is 2. The molecule has 5 rings (SSSR count). The highest BCUT2D eigenvalue weighted by Gasteiger charge is 2.48. The molecule has 3 aromatic heterocycles. The highest BCUT2D eigenvalue weighted by atomic mass is 31.3. The van der Waals surface area contributed by atoms with Gasteiger partial charge in [-0.25, -0.2) is 38.0 Å². The average molecular weight is 797 g/mol. The highest BCUT2D eigenvalue weighted by molar-refractivity contribution is 7.66. The fourth-order valence-corrected chi connectivity index (χ4v) is 8.77. The van der Waals surface area contributed by atoms with E-state index >= 15 is 0 Å². The summed E-state index contributed by atoms with van der Waals surface area (Å²) in [5, 5.41) is 20.8. The average Bonchev–Trinajstić information content (AvgIpc) is 3.65. The van der Waals surface area contributed by atoms with Crippen molar-refractivity contribution in [1.82, 2.24) is 29.1 Å². The molecule has 0 radical (unpaired) electrons. The molecule has 10 N–H and O–H groups in total. The second-order valence-electron chi connectivity index (χ2n) is 10.3. The number of ether oxygens (including phenoxy) is 2. The van der Waals surface area contributed by atoms with E-state index in [4.69, 9.17) is 34.0 Å². The predicted molar refractivity (Wildman–Crippen MR) is 156 cm³/mol. The maximum atomic E-state index is 13.0. The van der Waals surface area contributed by atoms with Crippen molar-refractivity contribution in [2.75, 3.05) is 18.9 Å². The lowest BCUT2D eigenvalue weighted by Crippen LogP contribution is -2.37. The Morgan fingerprint density at radius 2 is 1.56 bits per heavy atom. The molecule has 3 unspecified atom stereocenters. The quantitative estimate of drug-likeness (QED) is 0.0775. The van der Waals surface area contributed by atoms with Crippen molar-refractivity contribution in [2.45, 2.75) is 49.4 Å². The number of fused-ring (bicyclic) bond motifs is 1. The van der Waals surface area contributed by atoms with Gasteiger partial charge in [-0.3, -0.25) is 32.5 Å².